The SMILES string of the molecule is O=C(CC1CCCCO1)Nc1ccc(C(=O)O)c(Cl)c1. The van der Waals surface area contributed by atoms with Gasteiger partial charge in [-0.3, -0.25) is 4.79 Å². The molecule has 1 saturated heterocycles. The van der Waals surface area contributed by atoms with Gasteiger partial charge >= 0.3 is 5.97 Å². The van der Waals surface area contributed by atoms with Crippen LogP contribution in [0, 0.1) is 0 Å². The highest BCUT2D eigenvalue weighted by Gasteiger charge is 2.18. The maximum Gasteiger partial charge on any atom is 0.337 e. The Morgan fingerprint density at radius 2 is 2.20 bits per heavy atom. The molecule has 108 valence electrons. The van der Waals surface area contributed by atoms with Crippen LogP contribution in [0.15, 0.2) is 18.2 Å². The lowest BCUT2D eigenvalue weighted by atomic mass is 10.1. The van der Waals surface area contributed by atoms with Crippen LogP contribution in [0.2, 0.25) is 5.02 Å². The van der Waals surface area contributed by atoms with E-state index in [2.05, 4.69) is 5.32 Å². The molecule has 5 nitrogen and oxygen atoms in total. The summed E-state index contributed by atoms with van der Waals surface area (Å²) in [5.74, 6) is -1.25. The van der Waals surface area contributed by atoms with E-state index in [4.69, 9.17) is 21.4 Å². The number of carboxylic acid groups (broad SMARTS) is 1. The third kappa shape index (κ3) is 3.95. The molecule has 0 spiro atoms. The number of aromatic carboxylic acids is 1. The van der Waals surface area contributed by atoms with Crippen molar-refractivity contribution in [3.63, 3.8) is 0 Å². The zero-order valence-electron chi connectivity index (χ0n) is 10.9. The molecule has 1 aliphatic rings. The highest BCUT2D eigenvalue weighted by molar-refractivity contribution is 6.33. The first kappa shape index (κ1) is 14.8. The molecule has 1 aliphatic heterocycles. The van der Waals surface area contributed by atoms with Crippen LogP contribution in [0.1, 0.15) is 36.0 Å². The molecule has 20 heavy (non-hydrogen) atoms. The van der Waals surface area contributed by atoms with E-state index < -0.39 is 5.97 Å². The van der Waals surface area contributed by atoms with Crippen LogP contribution < -0.4 is 5.32 Å². The minimum atomic E-state index is -1.09. The highest BCUT2D eigenvalue weighted by atomic mass is 35.5. The Hall–Kier alpha value is -1.59. The van der Waals surface area contributed by atoms with E-state index in [1.165, 1.54) is 18.2 Å². The highest BCUT2D eigenvalue weighted by Crippen LogP contribution is 2.22. The van der Waals surface area contributed by atoms with Crippen molar-refractivity contribution in [3.8, 4) is 0 Å². The maximum absolute atomic E-state index is 11.9. The number of carboxylic acids is 1. The predicted octanol–water partition coefficient (Wildman–Crippen LogP) is 2.94. The van der Waals surface area contributed by atoms with Gasteiger partial charge in [-0.2, -0.15) is 0 Å². The molecule has 1 unspecified atom stereocenters. The van der Waals surface area contributed by atoms with Gasteiger partial charge in [0.2, 0.25) is 5.91 Å². The minimum absolute atomic E-state index is 0.0141. The first-order chi connectivity index (χ1) is 9.56. The topological polar surface area (TPSA) is 75.6 Å². The van der Waals surface area contributed by atoms with E-state index in [0.29, 0.717) is 18.7 Å². The Kier molecular flexibility index (Phi) is 4.98. The number of hydrogen-bond acceptors (Lipinski definition) is 3. The number of carbonyl (C=O) groups excluding carboxylic acids is 1. The van der Waals surface area contributed by atoms with Crippen molar-refractivity contribution < 1.29 is 19.4 Å². The van der Waals surface area contributed by atoms with E-state index >= 15 is 0 Å². The number of amides is 1. The second-order valence-corrected chi connectivity index (χ2v) is 5.15. The van der Waals surface area contributed by atoms with E-state index in [1.54, 1.807) is 0 Å². The summed E-state index contributed by atoms with van der Waals surface area (Å²) >= 11 is 5.84. The van der Waals surface area contributed by atoms with Gasteiger partial charge in [0.25, 0.3) is 0 Å². The Balaban J connectivity index is 1.93. The summed E-state index contributed by atoms with van der Waals surface area (Å²) in [5, 5.41) is 11.7. The third-order valence-electron chi connectivity index (χ3n) is 3.17. The van der Waals surface area contributed by atoms with Crippen LogP contribution in [-0.2, 0) is 9.53 Å². The molecular weight excluding hydrogens is 282 g/mol. The molecule has 0 saturated carbocycles. The smallest absolute Gasteiger partial charge is 0.337 e. The summed E-state index contributed by atoms with van der Waals surface area (Å²) in [4.78, 5) is 22.7. The number of ether oxygens (including phenoxy) is 1. The van der Waals surface area contributed by atoms with Crippen LogP contribution in [0.3, 0.4) is 0 Å². The molecule has 2 rings (SSSR count). The van der Waals surface area contributed by atoms with Gasteiger partial charge in [0.15, 0.2) is 0 Å². The number of hydrogen-bond donors (Lipinski definition) is 2. The summed E-state index contributed by atoms with van der Waals surface area (Å²) in [5.41, 5.74) is 0.501. The van der Waals surface area contributed by atoms with Gasteiger partial charge in [0.1, 0.15) is 0 Å². The summed E-state index contributed by atoms with van der Waals surface area (Å²) in [6, 6.07) is 4.33. The van der Waals surface area contributed by atoms with Crippen molar-refractivity contribution in [3.05, 3.63) is 28.8 Å². The molecule has 1 aromatic carbocycles. The molecule has 0 bridgehead atoms. The Morgan fingerprint density at radius 3 is 2.80 bits per heavy atom. The van der Waals surface area contributed by atoms with Crippen molar-refractivity contribution in [1.29, 1.82) is 0 Å². The molecule has 0 aliphatic carbocycles. The summed E-state index contributed by atoms with van der Waals surface area (Å²) in [6.45, 7) is 0.705. The molecule has 1 heterocycles. The fourth-order valence-electron chi connectivity index (χ4n) is 2.15. The molecule has 0 radical (unpaired) electrons. The predicted molar refractivity (Wildman–Crippen MR) is 75.2 cm³/mol. The maximum atomic E-state index is 11.9. The van der Waals surface area contributed by atoms with E-state index in [1.807, 2.05) is 0 Å². The van der Waals surface area contributed by atoms with Crippen molar-refractivity contribution in [2.75, 3.05) is 11.9 Å². The van der Waals surface area contributed by atoms with Crippen molar-refractivity contribution in [2.45, 2.75) is 31.8 Å². The molecular formula is C14H16ClNO4. The first-order valence-corrected chi connectivity index (χ1v) is 6.88. The lowest BCUT2D eigenvalue weighted by molar-refractivity contribution is -0.119. The van der Waals surface area contributed by atoms with Gasteiger partial charge in [0, 0.05) is 12.3 Å². The number of benzene rings is 1. The number of anilines is 1. The second-order valence-electron chi connectivity index (χ2n) is 4.74. The normalized spacial score (nSPS) is 18.6. The fraction of sp³-hybridized carbons (Fsp3) is 0.429. The largest absolute Gasteiger partial charge is 0.478 e. The fourth-order valence-corrected chi connectivity index (χ4v) is 2.41. The van der Waals surface area contributed by atoms with Crippen LogP contribution in [0.4, 0.5) is 5.69 Å². The quantitative estimate of drug-likeness (QED) is 0.896. The summed E-state index contributed by atoms with van der Waals surface area (Å²) in [6.07, 6.45) is 3.30. The molecule has 2 N–H and O–H groups in total. The van der Waals surface area contributed by atoms with Gasteiger partial charge in [-0.1, -0.05) is 11.6 Å². The zero-order valence-corrected chi connectivity index (χ0v) is 11.7. The Morgan fingerprint density at radius 1 is 1.40 bits per heavy atom. The lowest BCUT2D eigenvalue weighted by Gasteiger charge is -2.21. The molecule has 0 aromatic heterocycles. The Bertz CT molecular complexity index is 512. The van der Waals surface area contributed by atoms with E-state index in [-0.39, 0.29) is 22.6 Å². The third-order valence-corrected chi connectivity index (χ3v) is 3.48. The summed E-state index contributed by atoms with van der Waals surface area (Å²) < 4.78 is 5.50. The van der Waals surface area contributed by atoms with Crippen LogP contribution in [-0.4, -0.2) is 29.7 Å². The second kappa shape index (κ2) is 6.72. The van der Waals surface area contributed by atoms with Crippen molar-refractivity contribution in [1.82, 2.24) is 0 Å². The number of carbonyl (C=O) groups is 2. The average molecular weight is 298 g/mol. The minimum Gasteiger partial charge on any atom is -0.478 e. The molecule has 1 aromatic rings. The lowest BCUT2D eigenvalue weighted by Crippen LogP contribution is -2.25. The number of halogens is 1. The van der Waals surface area contributed by atoms with Crippen LogP contribution in [0.25, 0.3) is 0 Å². The standard InChI is InChI=1S/C14H16ClNO4/c15-12-7-9(4-5-11(12)14(18)19)16-13(17)8-10-3-1-2-6-20-10/h4-5,7,10H,1-3,6,8H2,(H,16,17)(H,18,19). The average Bonchev–Trinajstić information content (AvgIpc) is 2.39. The number of nitrogens with one attached hydrogen (secondary N) is 1. The molecule has 1 fully saturated rings. The van der Waals surface area contributed by atoms with Crippen LogP contribution >= 0.6 is 11.6 Å². The first-order valence-electron chi connectivity index (χ1n) is 6.50. The molecule has 6 heteroatoms. The van der Waals surface area contributed by atoms with Crippen molar-refractivity contribution >= 4 is 29.2 Å². The van der Waals surface area contributed by atoms with Gasteiger partial charge < -0.3 is 15.2 Å². The number of rotatable bonds is 4. The monoisotopic (exact) mass is 297 g/mol. The molecule has 1 amide bonds. The van der Waals surface area contributed by atoms with Crippen LogP contribution in [0.5, 0.6) is 0 Å². The van der Waals surface area contributed by atoms with E-state index in [9.17, 15) is 9.59 Å². The summed E-state index contributed by atoms with van der Waals surface area (Å²) in [7, 11) is 0. The van der Waals surface area contributed by atoms with Crippen molar-refractivity contribution in [2.24, 2.45) is 0 Å². The van der Waals surface area contributed by atoms with Gasteiger partial charge in [-0.25, -0.2) is 4.79 Å². The zero-order chi connectivity index (χ0) is 14.5. The van der Waals surface area contributed by atoms with Gasteiger partial charge in [0.05, 0.1) is 23.1 Å². The molecule has 1 atom stereocenters. The van der Waals surface area contributed by atoms with Gasteiger partial charge in [-0.15, -0.1) is 0 Å². The van der Waals surface area contributed by atoms with E-state index in [0.717, 1.165) is 19.3 Å². The van der Waals surface area contributed by atoms with Gasteiger partial charge in [-0.05, 0) is 37.5 Å². The Labute approximate surface area is 121 Å².